The number of hydrogen-bond donors (Lipinski definition) is 2. The van der Waals surface area contributed by atoms with Gasteiger partial charge in [-0.1, -0.05) is 30.3 Å². The molecule has 0 unspecified atom stereocenters. The average molecular weight is 285 g/mol. The topological polar surface area (TPSA) is 74.8 Å². The zero-order valence-corrected chi connectivity index (χ0v) is 12.1. The Bertz CT molecular complexity index is 650. The summed E-state index contributed by atoms with van der Waals surface area (Å²) < 4.78 is 0. The largest absolute Gasteiger partial charge is 0.352 e. The Kier molecular flexibility index (Phi) is 5.26. The Morgan fingerprint density at radius 3 is 2.71 bits per heavy atom. The molecule has 0 aliphatic heterocycles. The van der Waals surface area contributed by atoms with E-state index >= 15 is 0 Å². The minimum absolute atomic E-state index is 0.0589. The van der Waals surface area contributed by atoms with Crippen molar-refractivity contribution in [2.75, 3.05) is 6.54 Å². The van der Waals surface area contributed by atoms with Gasteiger partial charge in [0.1, 0.15) is 11.4 Å². The maximum atomic E-state index is 11.8. The first-order chi connectivity index (χ1) is 10.2. The summed E-state index contributed by atoms with van der Waals surface area (Å²) in [5.41, 5.74) is 0.955. The van der Waals surface area contributed by atoms with Gasteiger partial charge in [0.15, 0.2) is 0 Å². The second-order valence-corrected chi connectivity index (χ2v) is 4.91. The lowest BCUT2D eigenvalue weighted by atomic mass is 10.1. The minimum Gasteiger partial charge on any atom is -0.352 e. The lowest BCUT2D eigenvalue weighted by Gasteiger charge is -2.05. The van der Waals surface area contributed by atoms with Gasteiger partial charge in [-0.2, -0.15) is 0 Å². The van der Waals surface area contributed by atoms with Crippen LogP contribution in [0.5, 0.6) is 0 Å². The molecule has 5 heteroatoms. The number of aromatic amines is 1. The van der Waals surface area contributed by atoms with Gasteiger partial charge in [-0.3, -0.25) is 9.59 Å². The van der Waals surface area contributed by atoms with Crippen molar-refractivity contribution in [2.45, 2.75) is 26.2 Å². The van der Waals surface area contributed by atoms with Crippen molar-refractivity contribution in [3.63, 3.8) is 0 Å². The van der Waals surface area contributed by atoms with Crippen LogP contribution in [-0.2, 0) is 6.42 Å². The number of H-pyrrole nitrogens is 1. The second-order valence-electron chi connectivity index (χ2n) is 4.91. The van der Waals surface area contributed by atoms with Crippen LogP contribution in [0.4, 0.5) is 0 Å². The monoisotopic (exact) mass is 285 g/mol. The van der Waals surface area contributed by atoms with Crippen LogP contribution in [0, 0.1) is 6.92 Å². The van der Waals surface area contributed by atoms with E-state index in [2.05, 4.69) is 27.4 Å². The number of amides is 1. The Hall–Kier alpha value is -2.43. The van der Waals surface area contributed by atoms with Crippen LogP contribution in [0.15, 0.2) is 41.3 Å². The molecule has 0 saturated heterocycles. The van der Waals surface area contributed by atoms with Gasteiger partial charge in [-0.05, 0) is 31.7 Å². The Balaban J connectivity index is 1.73. The molecular weight excluding hydrogens is 266 g/mol. The van der Waals surface area contributed by atoms with Gasteiger partial charge < -0.3 is 10.3 Å². The maximum Gasteiger partial charge on any atom is 0.263 e. The highest BCUT2D eigenvalue weighted by Crippen LogP contribution is 2.03. The van der Waals surface area contributed by atoms with E-state index in [4.69, 9.17) is 0 Å². The third kappa shape index (κ3) is 4.56. The first kappa shape index (κ1) is 15.0. The molecule has 2 rings (SSSR count). The van der Waals surface area contributed by atoms with E-state index in [9.17, 15) is 9.59 Å². The molecule has 1 amide bonds. The number of carbonyl (C=O) groups excluding carboxylic acids is 1. The molecule has 2 N–H and O–H groups in total. The molecule has 1 heterocycles. The molecule has 21 heavy (non-hydrogen) atoms. The van der Waals surface area contributed by atoms with E-state index < -0.39 is 5.56 Å². The van der Waals surface area contributed by atoms with Crippen molar-refractivity contribution in [3.05, 3.63) is 63.8 Å². The van der Waals surface area contributed by atoms with Crippen LogP contribution in [0.25, 0.3) is 0 Å². The third-order valence-electron chi connectivity index (χ3n) is 3.19. The number of aryl methyl sites for hydroxylation is 2. The summed E-state index contributed by atoms with van der Waals surface area (Å²) >= 11 is 0. The number of aromatic nitrogens is 2. The average Bonchev–Trinajstić information content (AvgIpc) is 2.47. The normalized spacial score (nSPS) is 10.3. The minimum atomic E-state index is -0.399. The standard InChI is InChI=1S/C16H19N3O2/c1-12-18-11-14(16(21)19-12)15(20)17-10-6-5-9-13-7-3-2-4-8-13/h2-4,7-8,11H,5-6,9-10H2,1H3,(H,17,20)(H,18,19,21). The van der Waals surface area contributed by atoms with Crippen LogP contribution in [-0.4, -0.2) is 22.4 Å². The SMILES string of the molecule is Cc1ncc(C(=O)NCCCCc2ccccc2)c(=O)[nH]1. The quantitative estimate of drug-likeness (QED) is 0.795. The summed E-state index contributed by atoms with van der Waals surface area (Å²) in [5.74, 6) is 0.128. The molecule has 0 saturated carbocycles. The summed E-state index contributed by atoms with van der Waals surface area (Å²) in [7, 11) is 0. The molecule has 0 aliphatic rings. The molecule has 2 aromatic rings. The first-order valence-corrected chi connectivity index (χ1v) is 7.05. The van der Waals surface area contributed by atoms with Crippen molar-refractivity contribution < 1.29 is 4.79 Å². The van der Waals surface area contributed by atoms with Crippen LogP contribution in [0.2, 0.25) is 0 Å². The van der Waals surface area contributed by atoms with Crippen molar-refractivity contribution >= 4 is 5.91 Å². The molecule has 1 aromatic heterocycles. The molecule has 110 valence electrons. The summed E-state index contributed by atoms with van der Waals surface area (Å²) in [6.07, 6.45) is 4.17. The van der Waals surface area contributed by atoms with E-state index in [0.717, 1.165) is 19.3 Å². The fraction of sp³-hybridized carbons (Fsp3) is 0.312. The Morgan fingerprint density at radius 1 is 1.24 bits per heavy atom. The van der Waals surface area contributed by atoms with Crippen molar-refractivity contribution in [1.29, 1.82) is 0 Å². The van der Waals surface area contributed by atoms with Crippen LogP contribution < -0.4 is 10.9 Å². The van der Waals surface area contributed by atoms with E-state index in [1.807, 2.05) is 18.2 Å². The van der Waals surface area contributed by atoms with Gasteiger partial charge in [0.2, 0.25) is 0 Å². The van der Waals surface area contributed by atoms with Gasteiger partial charge in [-0.15, -0.1) is 0 Å². The summed E-state index contributed by atoms with van der Waals surface area (Å²) in [5, 5.41) is 2.75. The van der Waals surface area contributed by atoms with E-state index in [1.165, 1.54) is 11.8 Å². The number of hydrogen-bond acceptors (Lipinski definition) is 3. The van der Waals surface area contributed by atoms with Gasteiger partial charge in [0.05, 0.1) is 0 Å². The Morgan fingerprint density at radius 2 is 2.00 bits per heavy atom. The fourth-order valence-electron chi connectivity index (χ4n) is 2.04. The number of unbranched alkanes of at least 4 members (excludes halogenated alkanes) is 1. The van der Waals surface area contributed by atoms with Crippen LogP contribution >= 0.6 is 0 Å². The number of nitrogens with zero attached hydrogens (tertiary/aromatic N) is 1. The Labute approximate surface area is 123 Å². The zero-order valence-electron chi connectivity index (χ0n) is 12.1. The van der Waals surface area contributed by atoms with Gasteiger partial charge >= 0.3 is 0 Å². The highest BCUT2D eigenvalue weighted by Gasteiger charge is 2.10. The highest BCUT2D eigenvalue weighted by atomic mass is 16.2. The molecule has 0 atom stereocenters. The number of carbonyl (C=O) groups is 1. The van der Waals surface area contributed by atoms with Crippen molar-refractivity contribution in [3.8, 4) is 0 Å². The number of rotatable bonds is 6. The van der Waals surface area contributed by atoms with Crippen molar-refractivity contribution in [1.82, 2.24) is 15.3 Å². The molecule has 5 nitrogen and oxygen atoms in total. The number of nitrogens with one attached hydrogen (secondary N) is 2. The lowest BCUT2D eigenvalue weighted by Crippen LogP contribution is -2.30. The summed E-state index contributed by atoms with van der Waals surface area (Å²) in [6.45, 7) is 2.23. The smallest absolute Gasteiger partial charge is 0.263 e. The molecule has 0 spiro atoms. The maximum absolute atomic E-state index is 11.8. The zero-order chi connectivity index (χ0) is 15.1. The van der Waals surface area contributed by atoms with Crippen LogP contribution in [0.3, 0.4) is 0 Å². The molecule has 0 fully saturated rings. The van der Waals surface area contributed by atoms with E-state index in [0.29, 0.717) is 12.4 Å². The molecule has 0 radical (unpaired) electrons. The predicted molar refractivity (Wildman–Crippen MR) is 81.3 cm³/mol. The van der Waals surface area contributed by atoms with Gasteiger partial charge in [-0.25, -0.2) is 4.98 Å². The second kappa shape index (κ2) is 7.38. The summed E-state index contributed by atoms with van der Waals surface area (Å²) in [6, 6.07) is 10.2. The fourth-order valence-corrected chi connectivity index (χ4v) is 2.04. The van der Waals surface area contributed by atoms with Gasteiger partial charge in [0.25, 0.3) is 11.5 Å². The summed E-state index contributed by atoms with van der Waals surface area (Å²) in [4.78, 5) is 29.9. The first-order valence-electron chi connectivity index (χ1n) is 7.05. The predicted octanol–water partition coefficient (Wildman–Crippen LogP) is 1.83. The highest BCUT2D eigenvalue weighted by molar-refractivity contribution is 5.93. The van der Waals surface area contributed by atoms with E-state index in [1.54, 1.807) is 6.92 Å². The van der Waals surface area contributed by atoms with Crippen LogP contribution in [0.1, 0.15) is 34.6 Å². The molecule has 0 aliphatic carbocycles. The number of benzene rings is 1. The molecular formula is C16H19N3O2. The van der Waals surface area contributed by atoms with E-state index in [-0.39, 0.29) is 11.5 Å². The molecule has 0 bridgehead atoms. The third-order valence-corrected chi connectivity index (χ3v) is 3.19. The lowest BCUT2D eigenvalue weighted by molar-refractivity contribution is 0.0951. The van der Waals surface area contributed by atoms with Gasteiger partial charge in [0, 0.05) is 12.7 Å². The molecule has 1 aromatic carbocycles. The van der Waals surface area contributed by atoms with Crippen molar-refractivity contribution in [2.24, 2.45) is 0 Å².